The zero-order valence-corrected chi connectivity index (χ0v) is 45.0. The zero-order chi connectivity index (χ0) is 48.9. The van der Waals surface area contributed by atoms with Crippen molar-refractivity contribution in [2.24, 2.45) is 0 Å². The summed E-state index contributed by atoms with van der Waals surface area (Å²) in [7, 11) is 1.44. The van der Waals surface area contributed by atoms with Gasteiger partial charge in [0.2, 0.25) is 23.6 Å². The first-order chi connectivity index (χ1) is 32.6. The van der Waals surface area contributed by atoms with E-state index < -0.39 is 64.8 Å². The van der Waals surface area contributed by atoms with E-state index in [0.29, 0.717) is 63.7 Å². The average molecular weight is 1060 g/mol. The van der Waals surface area contributed by atoms with E-state index in [0.717, 1.165) is 17.7 Å². The number of nitrogens with one attached hydrogen (secondary N) is 4. The summed E-state index contributed by atoms with van der Waals surface area (Å²) in [5, 5.41) is 22.7. The van der Waals surface area contributed by atoms with Crippen molar-refractivity contribution < 1.29 is 141 Å². The maximum Gasteiger partial charge on any atom is 1.00 e. The second-order valence-electron chi connectivity index (χ2n) is 16.7. The molecule has 2 aliphatic heterocycles. The second-order valence-corrected chi connectivity index (χ2v) is 16.7. The van der Waals surface area contributed by atoms with Crippen molar-refractivity contribution in [1.29, 1.82) is 0 Å². The molecule has 4 aromatic rings. The molecule has 0 bridgehead atoms. The van der Waals surface area contributed by atoms with E-state index in [-0.39, 0.29) is 166 Å². The molecule has 4 heterocycles. The van der Waals surface area contributed by atoms with Crippen molar-refractivity contribution in [1.82, 2.24) is 30.4 Å². The molecule has 3 atom stereocenters. The number of aliphatic hydroxyl groups is 1. The van der Waals surface area contributed by atoms with Crippen molar-refractivity contribution in [2.75, 3.05) is 25.5 Å². The van der Waals surface area contributed by atoms with Gasteiger partial charge in [0, 0.05) is 101 Å². The fourth-order valence-corrected chi connectivity index (χ4v) is 8.65. The van der Waals surface area contributed by atoms with Crippen LogP contribution in [0.25, 0.3) is 22.3 Å². The Morgan fingerprint density at radius 2 is 1.89 bits per heavy atom. The number of rotatable bonds is 18. The number of anilines is 1. The Labute approximate surface area is 468 Å². The number of esters is 1. The van der Waals surface area contributed by atoms with Gasteiger partial charge in [-0.1, -0.05) is 18.7 Å². The number of hydrogen-bond donors (Lipinski definition) is 5. The molecule has 0 spiro atoms. The van der Waals surface area contributed by atoms with Gasteiger partial charge < -0.3 is 50.1 Å². The molecule has 19 nitrogen and oxygen atoms in total. The van der Waals surface area contributed by atoms with Crippen LogP contribution in [0.1, 0.15) is 90.4 Å². The number of ether oxygens (including phenoxy) is 2. The van der Waals surface area contributed by atoms with Crippen molar-refractivity contribution in [3.05, 3.63) is 104 Å². The van der Waals surface area contributed by atoms with Gasteiger partial charge in [-0.25, -0.2) is 25.2 Å². The zero-order valence-electron chi connectivity index (χ0n) is 39.0. The van der Waals surface area contributed by atoms with Gasteiger partial charge in [-0.15, -0.1) is 11.6 Å². The number of pyridine rings is 2. The molecular formula is C48H48FKN7O12Y-. The minimum Gasteiger partial charge on any atom is -0.540 e. The fraction of sp³-hybridized carbons (Fsp3) is 0.375. The summed E-state index contributed by atoms with van der Waals surface area (Å²) in [5.41, 5.74) is 2.09. The van der Waals surface area contributed by atoms with Crippen LogP contribution in [0.3, 0.4) is 0 Å². The van der Waals surface area contributed by atoms with Gasteiger partial charge in [0.15, 0.2) is 5.60 Å². The average Bonchev–Trinajstić information content (AvgIpc) is 3.69. The molecule has 2 aromatic heterocycles. The number of nitrogens with zero attached hydrogens (tertiary/aromatic N) is 3. The van der Waals surface area contributed by atoms with Gasteiger partial charge in [-0.05, 0) is 61.4 Å². The predicted octanol–water partition coefficient (Wildman–Crippen LogP) is -0.334. The number of allylic oxidation sites excluding steroid dienone is 1. The SMILES string of the molecule is CCC1(O)C(=O)OCc2c1cc1n(c2=O)Cc2c-1nc1cc(F)c(C)c3c1c2C(NC(=O)OCc1cc[c-]c(NC(=O)CCNC(=O)CCC([C-]=O)NC(=O)CCN(C)C(=O)/C=C\C=O)c1)CC3.[K+].[Y]. The molecule has 5 amide bonds. The van der Waals surface area contributed by atoms with Crippen molar-refractivity contribution in [3.63, 3.8) is 0 Å². The van der Waals surface area contributed by atoms with Crippen LogP contribution in [-0.4, -0.2) is 94.0 Å². The van der Waals surface area contributed by atoms with Crippen LogP contribution in [0.5, 0.6) is 0 Å². The number of hydrogen-bond acceptors (Lipinski definition) is 13. The van der Waals surface area contributed by atoms with Crippen molar-refractivity contribution in [3.8, 4) is 11.4 Å². The Hall–Kier alpha value is -4.87. The number of aldehydes is 1. The van der Waals surface area contributed by atoms with Gasteiger partial charge in [-0.3, -0.25) is 28.8 Å². The molecule has 3 aliphatic rings. The first kappa shape index (κ1) is 56.0. The van der Waals surface area contributed by atoms with E-state index in [1.165, 1.54) is 28.6 Å². The summed E-state index contributed by atoms with van der Waals surface area (Å²) in [6.07, 6.45) is 3.75. The molecular weight excluding hydrogens is 1010 g/mol. The Balaban J connectivity index is 0.00000456. The summed E-state index contributed by atoms with van der Waals surface area (Å²) in [4.78, 5) is 117. The van der Waals surface area contributed by atoms with Crippen LogP contribution in [-0.2, 0) is 108 Å². The number of aryl methyl sites for hydroxylation is 1. The molecule has 0 fully saturated rings. The second kappa shape index (κ2) is 24.5. The van der Waals surface area contributed by atoms with Gasteiger partial charge in [0.05, 0.1) is 41.7 Å². The van der Waals surface area contributed by atoms with E-state index in [1.54, 1.807) is 38.3 Å². The number of carbonyl (C=O) groups excluding carboxylic acids is 8. The number of halogens is 1. The smallest absolute Gasteiger partial charge is 0.540 e. The van der Waals surface area contributed by atoms with Gasteiger partial charge in [-0.2, -0.15) is 18.2 Å². The molecule has 1 aliphatic carbocycles. The number of likely N-dealkylation sites (N-methyl/N-ethyl adjacent to an activating group) is 1. The molecule has 5 N–H and O–H groups in total. The minimum atomic E-state index is -2.04. The number of benzene rings is 2. The third kappa shape index (κ3) is 12.2. The van der Waals surface area contributed by atoms with E-state index in [2.05, 4.69) is 27.3 Å². The molecule has 0 saturated heterocycles. The number of aromatic nitrogens is 2. The standard InChI is InChI=1S/C48H48FN7O12.K.Y/c1-4-48(66)33-20-37-44-31(22-56(37)45(63)32(33)25-67-46(48)64)43-35(12-11-30-26(2)34(49)21-36(53-44)42(30)43)54-47(65)68-24-27-7-5-8-28(19-27)51-39(60)14-16-50-38(59)13-10-29(23-58)52-40(61)15-17-55(3)41(62)9-6-18-57;;/h5-7,9,18-21,29,35,66H,4,10-17,22,24-25H2,1-3H3,(H,50,59)(H,51,60)(H,52,61)(H,54,65);;/q-2;+1;/b9-6-;;. The number of alkyl carbamates (subject to hydrolysis) is 1. The van der Waals surface area contributed by atoms with Crippen LogP contribution in [0.4, 0.5) is 14.9 Å². The van der Waals surface area contributed by atoms with E-state index in [1.807, 2.05) is 0 Å². The van der Waals surface area contributed by atoms with Gasteiger partial charge >= 0.3 is 63.4 Å². The van der Waals surface area contributed by atoms with E-state index in [9.17, 15) is 48.3 Å². The molecule has 70 heavy (non-hydrogen) atoms. The summed E-state index contributed by atoms with van der Waals surface area (Å²) >= 11 is 0. The minimum absolute atomic E-state index is 0. The number of carbonyl (C=O) groups is 7. The van der Waals surface area contributed by atoms with Crippen LogP contribution in [0.2, 0.25) is 0 Å². The maximum absolute atomic E-state index is 15.3. The van der Waals surface area contributed by atoms with Crippen molar-refractivity contribution in [2.45, 2.75) is 96.2 Å². The molecule has 359 valence electrons. The molecule has 7 rings (SSSR count). The van der Waals surface area contributed by atoms with Crippen LogP contribution in [0, 0.1) is 18.8 Å². The van der Waals surface area contributed by atoms with Crippen molar-refractivity contribution >= 4 is 64.9 Å². The predicted molar refractivity (Wildman–Crippen MR) is 239 cm³/mol. The Kier molecular flexibility index (Phi) is 19.6. The summed E-state index contributed by atoms with van der Waals surface area (Å²) in [6.45, 7) is 2.84. The number of amides is 5. The Morgan fingerprint density at radius 1 is 1.11 bits per heavy atom. The summed E-state index contributed by atoms with van der Waals surface area (Å²) < 4.78 is 27.7. The Bertz CT molecular complexity index is 2860. The fourth-order valence-electron chi connectivity index (χ4n) is 8.65. The van der Waals surface area contributed by atoms with Gasteiger partial charge in [0.25, 0.3) is 5.56 Å². The summed E-state index contributed by atoms with van der Waals surface area (Å²) in [6, 6.07) is 8.82. The number of cyclic esters (lactones) is 1. The van der Waals surface area contributed by atoms with Crippen LogP contribution in [0.15, 0.2) is 47.3 Å². The first-order valence-corrected chi connectivity index (χ1v) is 21.9. The third-order valence-electron chi connectivity index (χ3n) is 12.4. The monoisotopic (exact) mass is 1060 g/mol. The van der Waals surface area contributed by atoms with E-state index in [4.69, 9.17) is 14.5 Å². The van der Waals surface area contributed by atoms with Crippen LogP contribution >= 0.6 is 0 Å². The largest absolute Gasteiger partial charge is 1.00 e. The normalized spacial score (nSPS) is 16.5. The molecule has 2 aromatic carbocycles. The molecule has 3 unspecified atom stereocenters. The Morgan fingerprint density at radius 3 is 2.61 bits per heavy atom. The first-order valence-electron chi connectivity index (χ1n) is 21.9. The topological polar surface area (TPSA) is 262 Å². The molecule has 1 radical (unpaired) electrons. The van der Waals surface area contributed by atoms with Gasteiger partial charge in [0.1, 0.15) is 18.7 Å². The molecule has 0 saturated carbocycles. The van der Waals surface area contributed by atoms with E-state index >= 15 is 4.39 Å². The number of fused-ring (bicyclic) bond motifs is 5. The quantitative estimate of drug-likeness (QED) is 0.0248. The van der Waals surface area contributed by atoms with Crippen LogP contribution < -0.4 is 78.2 Å². The summed E-state index contributed by atoms with van der Waals surface area (Å²) in [5.74, 6) is -3.25. The maximum atomic E-state index is 15.3. The molecule has 22 heteroatoms. The third-order valence-corrected chi connectivity index (χ3v) is 12.4.